The van der Waals surface area contributed by atoms with Crippen molar-refractivity contribution in [2.75, 3.05) is 13.2 Å². The minimum Gasteiger partial charge on any atom is -0.466 e. The van der Waals surface area contributed by atoms with E-state index in [0.717, 1.165) is 0 Å². The zero-order chi connectivity index (χ0) is 15.9. The fraction of sp³-hybridized carbons (Fsp3) is 0.500. The van der Waals surface area contributed by atoms with Crippen molar-refractivity contribution in [3.63, 3.8) is 0 Å². The number of carbonyl (C=O) groups excluding carboxylic acids is 1. The van der Waals surface area contributed by atoms with Crippen LogP contribution in [-0.4, -0.2) is 36.5 Å². The van der Waals surface area contributed by atoms with E-state index in [1.54, 1.807) is 30.3 Å². The highest BCUT2D eigenvalue weighted by Gasteiger charge is 2.42. The standard InChI is InChI=1S/C14H18F3NO3/c1-2-21-13(20)8-12(14(15,16)17)18-11(9-19)10-6-4-3-5-7-10/h3-7,11-12,18-19H,2,8-9H2,1H3/t11-,12-/m0/s1. The van der Waals surface area contributed by atoms with E-state index in [2.05, 4.69) is 10.1 Å². The Balaban J connectivity index is 2.82. The Kier molecular flexibility index (Phi) is 6.64. The van der Waals surface area contributed by atoms with Crippen molar-refractivity contribution in [2.24, 2.45) is 0 Å². The molecule has 0 aromatic heterocycles. The van der Waals surface area contributed by atoms with Crippen molar-refractivity contribution < 1.29 is 27.8 Å². The van der Waals surface area contributed by atoms with Crippen LogP contribution in [0, 0.1) is 0 Å². The monoisotopic (exact) mass is 305 g/mol. The third-order valence-corrected chi connectivity index (χ3v) is 2.86. The van der Waals surface area contributed by atoms with Crippen LogP contribution < -0.4 is 5.32 Å². The molecule has 0 fully saturated rings. The van der Waals surface area contributed by atoms with Crippen molar-refractivity contribution in [3.05, 3.63) is 35.9 Å². The van der Waals surface area contributed by atoms with Gasteiger partial charge in [0.1, 0.15) is 6.04 Å². The number of nitrogens with one attached hydrogen (secondary N) is 1. The fourth-order valence-electron chi connectivity index (χ4n) is 1.84. The number of rotatable bonds is 7. The lowest BCUT2D eigenvalue weighted by atomic mass is 10.1. The van der Waals surface area contributed by atoms with E-state index in [-0.39, 0.29) is 6.61 Å². The van der Waals surface area contributed by atoms with Gasteiger partial charge in [-0.25, -0.2) is 0 Å². The summed E-state index contributed by atoms with van der Waals surface area (Å²) >= 11 is 0. The van der Waals surface area contributed by atoms with Crippen LogP contribution in [0.5, 0.6) is 0 Å². The van der Waals surface area contributed by atoms with E-state index in [9.17, 15) is 23.1 Å². The van der Waals surface area contributed by atoms with Crippen LogP contribution in [0.2, 0.25) is 0 Å². The molecule has 4 nitrogen and oxygen atoms in total. The molecule has 0 spiro atoms. The van der Waals surface area contributed by atoms with E-state index in [1.165, 1.54) is 6.92 Å². The van der Waals surface area contributed by atoms with Gasteiger partial charge in [0.2, 0.25) is 0 Å². The second-order valence-electron chi connectivity index (χ2n) is 4.42. The van der Waals surface area contributed by atoms with Gasteiger partial charge < -0.3 is 9.84 Å². The summed E-state index contributed by atoms with van der Waals surface area (Å²) in [5.74, 6) is -0.933. The molecule has 0 aliphatic heterocycles. The average molecular weight is 305 g/mol. The highest BCUT2D eigenvalue weighted by molar-refractivity contribution is 5.70. The van der Waals surface area contributed by atoms with Crippen LogP contribution in [0.15, 0.2) is 30.3 Å². The van der Waals surface area contributed by atoms with Crippen molar-refractivity contribution in [3.8, 4) is 0 Å². The number of esters is 1. The van der Waals surface area contributed by atoms with Gasteiger partial charge in [0.15, 0.2) is 0 Å². The Bertz CT molecular complexity index is 437. The number of ether oxygens (including phenoxy) is 1. The van der Waals surface area contributed by atoms with Gasteiger partial charge in [-0.1, -0.05) is 30.3 Å². The summed E-state index contributed by atoms with van der Waals surface area (Å²) in [6.07, 6.45) is -5.45. The van der Waals surface area contributed by atoms with Gasteiger partial charge in [-0.2, -0.15) is 13.2 Å². The quantitative estimate of drug-likeness (QED) is 0.758. The Morgan fingerprint density at radius 2 is 1.95 bits per heavy atom. The Hall–Kier alpha value is -1.60. The maximum absolute atomic E-state index is 13.0. The normalized spacial score (nSPS) is 14.5. The molecule has 1 rings (SSSR count). The van der Waals surface area contributed by atoms with Crippen LogP contribution in [0.1, 0.15) is 24.9 Å². The number of benzene rings is 1. The number of aliphatic hydroxyl groups excluding tert-OH is 1. The highest BCUT2D eigenvalue weighted by Crippen LogP contribution is 2.26. The molecule has 7 heteroatoms. The molecule has 118 valence electrons. The molecule has 0 bridgehead atoms. The lowest BCUT2D eigenvalue weighted by Crippen LogP contribution is -2.46. The van der Waals surface area contributed by atoms with E-state index in [0.29, 0.717) is 5.56 Å². The molecule has 0 saturated carbocycles. The number of hydrogen-bond acceptors (Lipinski definition) is 4. The third-order valence-electron chi connectivity index (χ3n) is 2.86. The Morgan fingerprint density at radius 3 is 2.43 bits per heavy atom. The first kappa shape index (κ1) is 17.5. The summed E-state index contributed by atoms with van der Waals surface area (Å²) in [5.41, 5.74) is 0.512. The van der Waals surface area contributed by atoms with Gasteiger partial charge in [-0.15, -0.1) is 0 Å². The molecule has 0 saturated heterocycles. The number of alkyl halides is 3. The van der Waals surface area contributed by atoms with Gasteiger partial charge in [-0.3, -0.25) is 10.1 Å². The predicted molar refractivity (Wildman–Crippen MR) is 70.5 cm³/mol. The highest BCUT2D eigenvalue weighted by atomic mass is 19.4. The number of aliphatic hydroxyl groups is 1. The van der Waals surface area contributed by atoms with Crippen LogP contribution in [0.4, 0.5) is 13.2 Å². The summed E-state index contributed by atoms with van der Waals surface area (Å²) in [6.45, 7) is 1.03. The molecular weight excluding hydrogens is 287 g/mol. The number of hydrogen-bond donors (Lipinski definition) is 2. The molecule has 1 aromatic rings. The van der Waals surface area contributed by atoms with Crippen LogP contribution >= 0.6 is 0 Å². The number of carbonyl (C=O) groups is 1. The van der Waals surface area contributed by atoms with Crippen molar-refractivity contribution in [1.29, 1.82) is 0 Å². The minimum atomic E-state index is -4.62. The first-order valence-corrected chi connectivity index (χ1v) is 6.52. The molecule has 0 amide bonds. The molecule has 0 heterocycles. The van der Waals surface area contributed by atoms with E-state index < -0.39 is 37.3 Å². The van der Waals surface area contributed by atoms with Crippen LogP contribution in [0.3, 0.4) is 0 Å². The van der Waals surface area contributed by atoms with Gasteiger partial charge in [-0.05, 0) is 12.5 Å². The lowest BCUT2D eigenvalue weighted by molar-refractivity contribution is -0.171. The van der Waals surface area contributed by atoms with Crippen molar-refractivity contribution >= 4 is 5.97 Å². The van der Waals surface area contributed by atoms with Crippen LogP contribution in [0.25, 0.3) is 0 Å². The SMILES string of the molecule is CCOC(=O)C[C@H](N[C@@H](CO)c1ccccc1)C(F)(F)F. The Morgan fingerprint density at radius 1 is 1.33 bits per heavy atom. The molecular formula is C14H18F3NO3. The van der Waals surface area contributed by atoms with E-state index in [4.69, 9.17) is 0 Å². The van der Waals surface area contributed by atoms with Gasteiger partial charge in [0.05, 0.1) is 25.7 Å². The second-order valence-corrected chi connectivity index (χ2v) is 4.42. The van der Waals surface area contributed by atoms with Crippen LogP contribution in [-0.2, 0) is 9.53 Å². The molecule has 0 aliphatic carbocycles. The smallest absolute Gasteiger partial charge is 0.404 e. The lowest BCUT2D eigenvalue weighted by Gasteiger charge is -2.26. The van der Waals surface area contributed by atoms with Gasteiger partial charge >= 0.3 is 12.1 Å². The van der Waals surface area contributed by atoms with E-state index in [1.807, 2.05) is 0 Å². The maximum Gasteiger partial charge on any atom is 0.404 e. The summed E-state index contributed by atoms with van der Waals surface area (Å²) in [6, 6.07) is 5.26. The van der Waals surface area contributed by atoms with Crippen molar-refractivity contribution in [2.45, 2.75) is 31.6 Å². The first-order chi connectivity index (χ1) is 9.88. The molecule has 0 aliphatic rings. The minimum absolute atomic E-state index is 0.0194. The second kappa shape index (κ2) is 7.99. The Labute approximate surface area is 120 Å². The third kappa shape index (κ3) is 5.73. The molecule has 2 atom stereocenters. The maximum atomic E-state index is 13.0. The molecule has 2 N–H and O–H groups in total. The molecule has 0 unspecified atom stereocenters. The fourth-order valence-corrected chi connectivity index (χ4v) is 1.84. The average Bonchev–Trinajstić information content (AvgIpc) is 2.43. The van der Waals surface area contributed by atoms with Crippen molar-refractivity contribution in [1.82, 2.24) is 5.32 Å². The zero-order valence-corrected chi connectivity index (χ0v) is 11.6. The van der Waals surface area contributed by atoms with Gasteiger partial charge in [0.25, 0.3) is 0 Å². The first-order valence-electron chi connectivity index (χ1n) is 6.52. The summed E-state index contributed by atoms with van der Waals surface area (Å²) < 4.78 is 43.5. The summed E-state index contributed by atoms with van der Waals surface area (Å²) in [7, 11) is 0. The van der Waals surface area contributed by atoms with E-state index >= 15 is 0 Å². The largest absolute Gasteiger partial charge is 0.466 e. The summed E-state index contributed by atoms with van der Waals surface area (Å²) in [5, 5.41) is 11.6. The predicted octanol–water partition coefficient (Wildman–Crippen LogP) is 2.19. The topological polar surface area (TPSA) is 58.6 Å². The molecule has 1 aromatic carbocycles. The molecule has 21 heavy (non-hydrogen) atoms. The van der Waals surface area contributed by atoms with Gasteiger partial charge in [0, 0.05) is 0 Å². The zero-order valence-electron chi connectivity index (χ0n) is 11.6. The number of halogens is 3. The summed E-state index contributed by atoms with van der Waals surface area (Å²) in [4.78, 5) is 11.3. The molecule has 0 radical (unpaired) electrons.